The average molecular weight is 397 g/mol. The van der Waals surface area contributed by atoms with Crippen molar-refractivity contribution in [3.63, 3.8) is 0 Å². The van der Waals surface area contributed by atoms with E-state index in [0.717, 1.165) is 19.4 Å². The first-order chi connectivity index (χ1) is 14.1. The molecule has 7 nitrogen and oxygen atoms in total. The lowest BCUT2D eigenvalue weighted by Gasteiger charge is -2.44. The largest absolute Gasteiger partial charge is 0.456 e. The second kappa shape index (κ2) is 8.76. The first-order valence-electron chi connectivity index (χ1n) is 10.5. The van der Waals surface area contributed by atoms with Gasteiger partial charge < -0.3 is 14.6 Å². The van der Waals surface area contributed by atoms with Crippen LogP contribution in [-0.4, -0.2) is 45.9 Å². The van der Waals surface area contributed by atoms with Gasteiger partial charge in [0.25, 0.3) is 11.5 Å². The number of nitrogens with zero attached hydrogens (tertiary/aromatic N) is 2. The van der Waals surface area contributed by atoms with Crippen LogP contribution in [0.25, 0.3) is 10.9 Å². The van der Waals surface area contributed by atoms with Crippen LogP contribution in [0.2, 0.25) is 0 Å². The van der Waals surface area contributed by atoms with Gasteiger partial charge in [-0.05, 0) is 43.7 Å². The number of H-pyrrole nitrogens is 1. The van der Waals surface area contributed by atoms with Gasteiger partial charge >= 0.3 is 5.97 Å². The van der Waals surface area contributed by atoms with Crippen LogP contribution in [0.5, 0.6) is 0 Å². The number of aryl methyl sites for hydroxylation is 1. The van der Waals surface area contributed by atoms with E-state index in [4.69, 9.17) is 4.74 Å². The fraction of sp³-hybridized carbons (Fsp3) is 0.545. The number of hydrogen-bond donors (Lipinski definition) is 1. The van der Waals surface area contributed by atoms with Crippen LogP contribution in [0.1, 0.15) is 50.8 Å². The molecule has 154 valence electrons. The third kappa shape index (κ3) is 4.49. The second-order valence-electron chi connectivity index (χ2n) is 8.03. The zero-order valence-electron chi connectivity index (χ0n) is 16.6. The van der Waals surface area contributed by atoms with E-state index < -0.39 is 5.97 Å². The van der Waals surface area contributed by atoms with Gasteiger partial charge in [-0.15, -0.1) is 0 Å². The number of amides is 1. The summed E-state index contributed by atoms with van der Waals surface area (Å²) < 4.78 is 5.23. The van der Waals surface area contributed by atoms with Crippen LogP contribution < -0.4 is 5.56 Å². The number of esters is 1. The standard InChI is InChI=1S/C22H27N3O4/c26-20(25-13-5-7-15-6-1-4-10-18(15)25)14-29-21(27)12-11-19-23-17-9-3-2-8-16(17)22(28)24-19/h2-3,8-9,15,18H,1,4-7,10-14H2,(H,23,24,28)/t15-,18-/m1/s1. The highest BCUT2D eigenvalue weighted by molar-refractivity contribution is 5.81. The molecule has 1 aromatic heterocycles. The molecule has 0 bridgehead atoms. The van der Waals surface area contributed by atoms with Crippen LogP contribution in [0.3, 0.4) is 0 Å². The summed E-state index contributed by atoms with van der Waals surface area (Å²) in [7, 11) is 0. The molecule has 2 heterocycles. The number of rotatable bonds is 5. The van der Waals surface area contributed by atoms with Crippen molar-refractivity contribution >= 4 is 22.8 Å². The van der Waals surface area contributed by atoms with Crippen molar-refractivity contribution in [2.45, 2.75) is 57.4 Å². The third-order valence-electron chi connectivity index (χ3n) is 6.15. The first-order valence-corrected chi connectivity index (χ1v) is 10.5. The van der Waals surface area contributed by atoms with Crippen LogP contribution >= 0.6 is 0 Å². The lowest BCUT2D eigenvalue weighted by molar-refractivity contribution is -0.154. The minimum atomic E-state index is -0.452. The highest BCUT2D eigenvalue weighted by Crippen LogP contribution is 2.35. The Morgan fingerprint density at radius 3 is 2.83 bits per heavy atom. The van der Waals surface area contributed by atoms with Crippen molar-refractivity contribution in [3.8, 4) is 0 Å². The number of nitrogens with one attached hydrogen (secondary N) is 1. The van der Waals surface area contributed by atoms with Gasteiger partial charge in [-0.3, -0.25) is 14.4 Å². The van der Waals surface area contributed by atoms with Gasteiger partial charge in [-0.2, -0.15) is 0 Å². The number of carbonyl (C=O) groups is 2. The molecule has 1 amide bonds. The number of carbonyl (C=O) groups excluding carboxylic acids is 2. The maximum Gasteiger partial charge on any atom is 0.306 e. The molecule has 2 fully saturated rings. The van der Waals surface area contributed by atoms with E-state index in [9.17, 15) is 14.4 Å². The third-order valence-corrected chi connectivity index (χ3v) is 6.15. The van der Waals surface area contributed by atoms with E-state index in [0.29, 0.717) is 28.7 Å². The Kier molecular flexibility index (Phi) is 5.92. The molecule has 0 radical (unpaired) electrons. The van der Waals surface area contributed by atoms with Crippen LogP contribution in [-0.2, 0) is 20.7 Å². The molecule has 0 unspecified atom stereocenters. The van der Waals surface area contributed by atoms with Gasteiger partial charge in [0.1, 0.15) is 5.82 Å². The molecule has 29 heavy (non-hydrogen) atoms. The van der Waals surface area contributed by atoms with Gasteiger partial charge in [0.15, 0.2) is 6.61 Å². The van der Waals surface area contributed by atoms with Crippen molar-refractivity contribution in [2.75, 3.05) is 13.2 Å². The van der Waals surface area contributed by atoms with E-state index >= 15 is 0 Å². The molecule has 1 N–H and O–H groups in total. The van der Waals surface area contributed by atoms with Crippen molar-refractivity contribution in [3.05, 3.63) is 40.4 Å². The molecular weight excluding hydrogens is 370 g/mol. The highest BCUT2D eigenvalue weighted by Gasteiger charge is 2.35. The molecule has 0 spiro atoms. The van der Waals surface area contributed by atoms with Crippen LogP contribution in [0.15, 0.2) is 29.1 Å². The summed E-state index contributed by atoms with van der Waals surface area (Å²) in [6.45, 7) is 0.559. The number of benzene rings is 1. The van der Waals surface area contributed by atoms with Crippen molar-refractivity contribution in [2.24, 2.45) is 5.92 Å². The summed E-state index contributed by atoms with van der Waals surface area (Å²) >= 11 is 0. The molecule has 1 saturated heterocycles. The zero-order valence-corrected chi connectivity index (χ0v) is 16.6. The summed E-state index contributed by atoms with van der Waals surface area (Å²) in [5, 5.41) is 0.520. The number of para-hydroxylation sites is 1. The maximum atomic E-state index is 12.6. The average Bonchev–Trinajstić information content (AvgIpc) is 2.75. The molecule has 1 saturated carbocycles. The van der Waals surface area contributed by atoms with E-state index in [-0.39, 0.29) is 30.9 Å². The van der Waals surface area contributed by atoms with E-state index in [2.05, 4.69) is 9.97 Å². The van der Waals surface area contributed by atoms with Gasteiger partial charge in [-0.25, -0.2) is 4.98 Å². The van der Waals surface area contributed by atoms with E-state index in [1.54, 1.807) is 18.2 Å². The summed E-state index contributed by atoms with van der Waals surface area (Å²) in [6.07, 6.45) is 7.25. The highest BCUT2D eigenvalue weighted by atomic mass is 16.5. The Labute approximate surface area is 169 Å². The number of aromatic amines is 1. The zero-order chi connectivity index (χ0) is 20.2. The number of hydrogen-bond acceptors (Lipinski definition) is 5. The molecule has 1 aromatic carbocycles. The summed E-state index contributed by atoms with van der Waals surface area (Å²) in [4.78, 5) is 45.8. The number of aromatic nitrogens is 2. The maximum absolute atomic E-state index is 12.6. The smallest absolute Gasteiger partial charge is 0.306 e. The molecule has 4 rings (SSSR count). The molecule has 2 aliphatic rings. The molecule has 2 atom stereocenters. The van der Waals surface area contributed by atoms with E-state index in [1.807, 2.05) is 11.0 Å². The predicted molar refractivity (Wildman–Crippen MR) is 108 cm³/mol. The Balaban J connectivity index is 1.29. The molecule has 7 heteroatoms. The van der Waals surface area contributed by atoms with Crippen LogP contribution in [0.4, 0.5) is 0 Å². The monoisotopic (exact) mass is 397 g/mol. The fourth-order valence-corrected chi connectivity index (χ4v) is 4.71. The number of fused-ring (bicyclic) bond motifs is 2. The predicted octanol–water partition coefficient (Wildman–Crippen LogP) is 2.58. The minimum Gasteiger partial charge on any atom is -0.456 e. The number of ether oxygens (including phenoxy) is 1. The number of likely N-dealkylation sites (tertiary alicyclic amines) is 1. The topological polar surface area (TPSA) is 92.4 Å². The quantitative estimate of drug-likeness (QED) is 0.783. The van der Waals surface area contributed by atoms with E-state index in [1.165, 1.54) is 25.7 Å². The number of piperidine rings is 1. The van der Waals surface area contributed by atoms with Gasteiger partial charge in [0.05, 0.1) is 17.3 Å². The Morgan fingerprint density at radius 2 is 1.93 bits per heavy atom. The van der Waals surface area contributed by atoms with Gasteiger partial charge in [0.2, 0.25) is 0 Å². The second-order valence-corrected chi connectivity index (χ2v) is 8.03. The Morgan fingerprint density at radius 1 is 1.14 bits per heavy atom. The van der Waals surface area contributed by atoms with Crippen molar-refractivity contribution < 1.29 is 14.3 Å². The van der Waals surface area contributed by atoms with Gasteiger partial charge in [-0.1, -0.05) is 25.0 Å². The lowest BCUT2D eigenvalue weighted by atomic mass is 9.78. The first kappa shape index (κ1) is 19.6. The minimum absolute atomic E-state index is 0.0701. The SMILES string of the molecule is O=C(CCc1nc2ccccc2c(=O)[nH]1)OCC(=O)N1CCC[C@H]2CCCC[C@H]21. The molecular formula is C22H27N3O4. The molecule has 1 aliphatic heterocycles. The summed E-state index contributed by atoms with van der Waals surface area (Å²) in [5.74, 6) is 0.504. The summed E-state index contributed by atoms with van der Waals surface area (Å²) in [6, 6.07) is 7.39. The normalized spacial score (nSPS) is 21.6. The molecule has 2 aromatic rings. The lowest BCUT2D eigenvalue weighted by Crippen LogP contribution is -2.50. The Bertz CT molecular complexity index is 952. The summed E-state index contributed by atoms with van der Waals surface area (Å²) in [5.41, 5.74) is 0.378. The fourth-order valence-electron chi connectivity index (χ4n) is 4.71. The van der Waals surface area contributed by atoms with Gasteiger partial charge in [0, 0.05) is 19.0 Å². The Hall–Kier alpha value is -2.70. The molecule has 1 aliphatic carbocycles. The van der Waals surface area contributed by atoms with Crippen LogP contribution in [0, 0.1) is 5.92 Å². The van der Waals surface area contributed by atoms with Crippen molar-refractivity contribution in [1.82, 2.24) is 14.9 Å². The van der Waals surface area contributed by atoms with Crippen molar-refractivity contribution in [1.29, 1.82) is 0 Å².